The fourth-order valence-corrected chi connectivity index (χ4v) is 2.05. The molecule has 2 aromatic rings. The molecular formula is C12H14ClN3O2. The van der Waals surface area contributed by atoms with Crippen LogP contribution in [-0.2, 0) is 6.54 Å². The van der Waals surface area contributed by atoms with Crippen LogP contribution in [-0.4, -0.2) is 16.9 Å². The Kier molecular flexibility index (Phi) is 3.45. The molecule has 0 saturated heterocycles. The summed E-state index contributed by atoms with van der Waals surface area (Å²) in [6, 6.07) is 5.13. The molecular weight excluding hydrogens is 254 g/mol. The van der Waals surface area contributed by atoms with E-state index in [1.165, 1.54) is 4.68 Å². The van der Waals surface area contributed by atoms with Crippen LogP contribution >= 0.6 is 11.6 Å². The number of hydrogen-bond donors (Lipinski definition) is 2. The fraction of sp³-hybridized carbons (Fsp3) is 0.250. The molecule has 6 heteroatoms. The highest BCUT2D eigenvalue weighted by atomic mass is 35.5. The van der Waals surface area contributed by atoms with Gasteiger partial charge in [0.25, 0.3) is 5.56 Å². The van der Waals surface area contributed by atoms with Crippen molar-refractivity contribution in [2.75, 3.05) is 7.11 Å². The van der Waals surface area contributed by atoms with E-state index < -0.39 is 0 Å². The number of rotatable bonds is 3. The van der Waals surface area contributed by atoms with Crippen LogP contribution in [0.3, 0.4) is 0 Å². The number of nitrogens with two attached hydrogens (primary N) is 1. The predicted octanol–water partition coefficient (Wildman–Crippen LogP) is 1.59. The highest BCUT2D eigenvalue weighted by Crippen LogP contribution is 2.26. The largest absolute Gasteiger partial charge is 0.495 e. The lowest BCUT2D eigenvalue weighted by Crippen LogP contribution is -2.19. The van der Waals surface area contributed by atoms with Crippen molar-refractivity contribution in [3.8, 4) is 11.4 Å². The van der Waals surface area contributed by atoms with Gasteiger partial charge in [0, 0.05) is 12.2 Å². The minimum absolute atomic E-state index is 0.156. The second-order valence-corrected chi connectivity index (χ2v) is 4.29. The quantitative estimate of drug-likeness (QED) is 0.887. The molecule has 0 aliphatic heterocycles. The molecule has 96 valence electrons. The standard InChI is InChI=1S/C12H14ClN3O2/c1-7-9(6-14)12(17)16(15-7)8-3-4-11(18-2)10(13)5-8/h3-5,15H,6,14H2,1-2H3. The first-order valence-corrected chi connectivity index (χ1v) is 5.80. The third-order valence-electron chi connectivity index (χ3n) is 2.79. The van der Waals surface area contributed by atoms with E-state index in [-0.39, 0.29) is 12.1 Å². The summed E-state index contributed by atoms with van der Waals surface area (Å²) in [7, 11) is 1.54. The fourth-order valence-electron chi connectivity index (χ4n) is 1.80. The van der Waals surface area contributed by atoms with E-state index in [0.29, 0.717) is 22.0 Å². The number of H-pyrrole nitrogens is 1. The molecule has 0 radical (unpaired) electrons. The minimum Gasteiger partial charge on any atom is -0.495 e. The van der Waals surface area contributed by atoms with Gasteiger partial charge in [-0.1, -0.05) is 11.6 Å². The molecule has 0 unspecified atom stereocenters. The summed E-state index contributed by atoms with van der Waals surface area (Å²) in [5.41, 5.74) is 7.36. The summed E-state index contributed by atoms with van der Waals surface area (Å²) in [6.45, 7) is 2.02. The Morgan fingerprint density at radius 2 is 2.22 bits per heavy atom. The molecule has 0 aliphatic rings. The molecule has 1 heterocycles. The minimum atomic E-state index is -0.156. The third kappa shape index (κ3) is 2.02. The van der Waals surface area contributed by atoms with E-state index in [1.54, 1.807) is 25.3 Å². The Morgan fingerprint density at radius 1 is 1.50 bits per heavy atom. The normalized spacial score (nSPS) is 10.7. The maximum Gasteiger partial charge on any atom is 0.275 e. The van der Waals surface area contributed by atoms with Crippen LogP contribution in [0.25, 0.3) is 5.69 Å². The van der Waals surface area contributed by atoms with Gasteiger partial charge >= 0.3 is 0 Å². The first-order valence-electron chi connectivity index (χ1n) is 5.43. The van der Waals surface area contributed by atoms with Crippen LogP contribution in [0.15, 0.2) is 23.0 Å². The molecule has 2 rings (SSSR count). The number of aryl methyl sites for hydroxylation is 1. The van der Waals surface area contributed by atoms with Gasteiger partial charge in [0.2, 0.25) is 0 Å². The number of nitrogens with zero attached hydrogens (tertiary/aromatic N) is 1. The molecule has 1 aromatic heterocycles. The van der Waals surface area contributed by atoms with Gasteiger partial charge in [-0.25, -0.2) is 4.68 Å². The number of benzene rings is 1. The average molecular weight is 268 g/mol. The summed E-state index contributed by atoms with van der Waals surface area (Å²) >= 11 is 6.03. The van der Waals surface area contributed by atoms with Crippen LogP contribution < -0.4 is 16.0 Å². The summed E-state index contributed by atoms with van der Waals surface area (Å²) in [5.74, 6) is 0.566. The van der Waals surface area contributed by atoms with Crippen LogP contribution in [0.5, 0.6) is 5.75 Å². The van der Waals surface area contributed by atoms with Gasteiger partial charge in [-0.15, -0.1) is 0 Å². The molecule has 0 bridgehead atoms. The van der Waals surface area contributed by atoms with Gasteiger partial charge in [-0.2, -0.15) is 0 Å². The molecule has 0 atom stereocenters. The number of hydrogen-bond acceptors (Lipinski definition) is 3. The van der Waals surface area contributed by atoms with Crippen LogP contribution in [0.2, 0.25) is 5.02 Å². The summed E-state index contributed by atoms with van der Waals surface area (Å²) in [4.78, 5) is 12.1. The van der Waals surface area contributed by atoms with Crippen molar-refractivity contribution in [2.24, 2.45) is 5.73 Å². The van der Waals surface area contributed by atoms with Crippen molar-refractivity contribution in [3.63, 3.8) is 0 Å². The van der Waals surface area contributed by atoms with E-state index in [0.717, 1.165) is 5.69 Å². The highest BCUT2D eigenvalue weighted by molar-refractivity contribution is 6.32. The second-order valence-electron chi connectivity index (χ2n) is 3.88. The predicted molar refractivity (Wildman–Crippen MR) is 70.6 cm³/mol. The molecule has 0 saturated carbocycles. The van der Waals surface area contributed by atoms with Crippen molar-refractivity contribution < 1.29 is 4.74 Å². The molecule has 0 aliphatic carbocycles. The van der Waals surface area contributed by atoms with Crippen LogP contribution in [0.4, 0.5) is 0 Å². The molecule has 0 fully saturated rings. The zero-order chi connectivity index (χ0) is 13.3. The van der Waals surface area contributed by atoms with Gasteiger partial charge in [-0.05, 0) is 25.1 Å². The zero-order valence-corrected chi connectivity index (χ0v) is 10.9. The third-order valence-corrected chi connectivity index (χ3v) is 3.09. The van der Waals surface area contributed by atoms with Gasteiger partial charge < -0.3 is 10.5 Å². The van der Waals surface area contributed by atoms with E-state index in [9.17, 15) is 4.79 Å². The Balaban J connectivity index is 2.56. The van der Waals surface area contributed by atoms with Gasteiger partial charge in [0.15, 0.2) is 0 Å². The average Bonchev–Trinajstić information content (AvgIpc) is 2.64. The van der Waals surface area contributed by atoms with Crippen molar-refractivity contribution in [2.45, 2.75) is 13.5 Å². The van der Waals surface area contributed by atoms with E-state index in [4.69, 9.17) is 22.1 Å². The monoisotopic (exact) mass is 267 g/mol. The van der Waals surface area contributed by atoms with E-state index >= 15 is 0 Å². The van der Waals surface area contributed by atoms with Crippen molar-refractivity contribution in [3.05, 3.63) is 44.8 Å². The molecule has 0 amide bonds. The van der Waals surface area contributed by atoms with E-state index in [2.05, 4.69) is 5.10 Å². The van der Waals surface area contributed by atoms with Gasteiger partial charge in [-0.3, -0.25) is 9.89 Å². The van der Waals surface area contributed by atoms with Crippen molar-refractivity contribution >= 4 is 11.6 Å². The van der Waals surface area contributed by atoms with E-state index in [1.807, 2.05) is 6.92 Å². The van der Waals surface area contributed by atoms with Gasteiger partial charge in [0.05, 0.1) is 23.4 Å². The smallest absolute Gasteiger partial charge is 0.275 e. The Bertz CT molecular complexity index is 631. The number of methoxy groups -OCH3 is 1. The first kappa shape index (κ1) is 12.7. The number of aromatic amines is 1. The maximum absolute atomic E-state index is 12.1. The Labute approximate surface area is 109 Å². The molecule has 18 heavy (non-hydrogen) atoms. The van der Waals surface area contributed by atoms with Crippen molar-refractivity contribution in [1.29, 1.82) is 0 Å². The summed E-state index contributed by atoms with van der Waals surface area (Å²) in [6.07, 6.45) is 0. The zero-order valence-electron chi connectivity index (χ0n) is 10.2. The van der Waals surface area contributed by atoms with Crippen LogP contribution in [0, 0.1) is 6.92 Å². The second kappa shape index (κ2) is 4.88. The molecule has 0 spiro atoms. The van der Waals surface area contributed by atoms with Crippen LogP contribution in [0.1, 0.15) is 11.3 Å². The SMILES string of the molecule is COc1ccc(-n2[nH]c(C)c(CN)c2=O)cc1Cl. The highest BCUT2D eigenvalue weighted by Gasteiger charge is 2.12. The lowest BCUT2D eigenvalue weighted by molar-refractivity contribution is 0.415. The van der Waals surface area contributed by atoms with Crippen molar-refractivity contribution in [1.82, 2.24) is 9.78 Å². The topological polar surface area (TPSA) is 73.0 Å². The number of nitrogens with one attached hydrogen (secondary N) is 1. The first-order chi connectivity index (χ1) is 8.58. The number of halogens is 1. The summed E-state index contributed by atoms with van der Waals surface area (Å²) < 4.78 is 6.49. The molecule has 3 N–H and O–H groups in total. The molecule has 1 aromatic carbocycles. The molecule has 5 nitrogen and oxygen atoms in total. The Morgan fingerprint density at radius 3 is 2.72 bits per heavy atom. The lowest BCUT2D eigenvalue weighted by atomic mass is 10.2. The Hall–Kier alpha value is -1.72. The number of ether oxygens (including phenoxy) is 1. The maximum atomic E-state index is 12.1. The van der Waals surface area contributed by atoms with Gasteiger partial charge in [0.1, 0.15) is 5.75 Å². The number of aromatic nitrogens is 2. The lowest BCUT2D eigenvalue weighted by Gasteiger charge is -2.06. The summed E-state index contributed by atoms with van der Waals surface area (Å²) in [5, 5.41) is 3.42.